The van der Waals surface area contributed by atoms with Crippen LogP contribution in [0.2, 0.25) is 0 Å². The zero-order valence-electron chi connectivity index (χ0n) is 16.9. The number of benzene rings is 3. The van der Waals surface area contributed by atoms with Crippen LogP contribution in [0.5, 0.6) is 0 Å². The number of fused-ring (bicyclic) bond motifs is 3. The van der Waals surface area contributed by atoms with Gasteiger partial charge in [-0.3, -0.25) is 0 Å². The highest BCUT2D eigenvalue weighted by molar-refractivity contribution is 5.86. The van der Waals surface area contributed by atoms with Gasteiger partial charge in [0.05, 0.1) is 5.41 Å². The second-order valence-corrected chi connectivity index (χ2v) is 7.77. The third-order valence-electron chi connectivity index (χ3n) is 5.73. The van der Waals surface area contributed by atoms with Crippen LogP contribution >= 0.6 is 0 Å². The maximum Gasteiger partial charge on any atom is 0.0673 e. The fraction of sp³-hybridized carbons (Fsp3) is 0.143. The van der Waals surface area contributed by atoms with Gasteiger partial charge in [0.2, 0.25) is 0 Å². The van der Waals surface area contributed by atoms with Crippen LogP contribution in [0.3, 0.4) is 0 Å². The smallest absolute Gasteiger partial charge is 0.0673 e. The minimum Gasteiger partial charge on any atom is -0.0961 e. The number of hydrogen-bond acceptors (Lipinski definition) is 0. The fourth-order valence-electron chi connectivity index (χ4n) is 4.53. The van der Waals surface area contributed by atoms with E-state index in [4.69, 9.17) is 0 Å². The lowest BCUT2D eigenvalue weighted by atomic mass is 9.67. The van der Waals surface area contributed by atoms with Gasteiger partial charge in [0.25, 0.3) is 0 Å². The molecule has 4 rings (SSSR count). The molecule has 28 heavy (non-hydrogen) atoms. The largest absolute Gasteiger partial charge is 0.0961 e. The second-order valence-electron chi connectivity index (χ2n) is 7.77. The minimum atomic E-state index is -0.277. The monoisotopic (exact) mass is 362 g/mol. The summed E-state index contributed by atoms with van der Waals surface area (Å²) in [5, 5.41) is 0. The van der Waals surface area contributed by atoms with E-state index in [0.29, 0.717) is 0 Å². The first-order valence-electron chi connectivity index (χ1n) is 9.82. The van der Waals surface area contributed by atoms with Crippen molar-refractivity contribution in [3.05, 3.63) is 131 Å². The van der Waals surface area contributed by atoms with Gasteiger partial charge in [-0.05, 0) is 48.6 Å². The summed E-state index contributed by atoms with van der Waals surface area (Å²) in [6.45, 7) is 10.4. The maximum atomic E-state index is 3.99. The Hall–Kier alpha value is -3.12. The lowest BCUT2D eigenvalue weighted by Gasteiger charge is -2.34. The number of hydrogen-bond donors (Lipinski definition) is 0. The van der Waals surface area contributed by atoms with Gasteiger partial charge < -0.3 is 0 Å². The number of rotatable bonds is 4. The molecule has 0 amide bonds. The molecule has 0 fully saturated rings. The first-order valence-corrected chi connectivity index (χ1v) is 9.82. The molecule has 0 N–H and O–H groups in total. The van der Waals surface area contributed by atoms with Crippen molar-refractivity contribution in [1.82, 2.24) is 0 Å². The average molecular weight is 363 g/mol. The van der Waals surface area contributed by atoms with Crippen LogP contribution in [-0.4, -0.2) is 0 Å². The summed E-state index contributed by atoms with van der Waals surface area (Å²) in [4.78, 5) is 0. The van der Waals surface area contributed by atoms with Crippen molar-refractivity contribution >= 4 is 0 Å². The van der Waals surface area contributed by atoms with E-state index >= 15 is 0 Å². The molecule has 0 saturated carbocycles. The predicted molar refractivity (Wildman–Crippen MR) is 121 cm³/mol. The molecule has 0 saturated heterocycles. The van der Waals surface area contributed by atoms with Gasteiger partial charge in [0.15, 0.2) is 0 Å². The van der Waals surface area contributed by atoms with Gasteiger partial charge in [-0.1, -0.05) is 114 Å². The van der Waals surface area contributed by atoms with E-state index in [9.17, 15) is 0 Å². The molecule has 0 nitrogen and oxygen atoms in total. The molecule has 0 heterocycles. The van der Waals surface area contributed by atoms with Crippen LogP contribution < -0.4 is 0 Å². The van der Waals surface area contributed by atoms with Crippen LogP contribution in [0.1, 0.15) is 36.1 Å². The molecule has 3 aromatic rings. The molecule has 1 aliphatic rings. The zero-order chi connectivity index (χ0) is 19.7. The standard InChI is InChI=1S/C28H26/c1-20(2)11-10-12-22(4)28(23-13-6-5-7-14-23)26-16-9-8-15-24(26)25-19-21(3)17-18-27(25)28/h5-19H,1H2,2-4H3. The Morgan fingerprint density at radius 1 is 0.821 bits per heavy atom. The fourth-order valence-corrected chi connectivity index (χ4v) is 4.53. The lowest BCUT2D eigenvalue weighted by Crippen LogP contribution is -2.28. The topological polar surface area (TPSA) is 0 Å². The molecule has 138 valence electrons. The summed E-state index contributed by atoms with van der Waals surface area (Å²) in [6, 6.07) is 26.6. The van der Waals surface area contributed by atoms with Gasteiger partial charge in [-0.15, -0.1) is 0 Å². The molecule has 1 unspecified atom stereocenters. The lowest BCUT2D eigenvalue weighted by molar-refractivity contribution is 0.746. The van der Waals surface area contributed by atoms with Crippen LogP contribution in [0.25, 0.3) is 11.1 Å². The number of allylic oxidation sites excluding steroid dienone is 5. The van der Waals surface area contributed by atoms with E-state index in [0.717, 1.165) is 5.57 Å². The molecular formula is C28H26. The Labute approximate surface area is 168 Å². The highest BCUT2D eigenvalue weighted by atomic mass is 14.5. The Morgan fingerprint density at radius 3 is 2.25 bits per heavy atom. The molecule has 0 spiro atoms. The van der Waals surface area contributed by atoms with Crippen LogP contribution in [-0.2, 0) is 5.41 Å². The third-order valence-corrected chi connectivity index (χ3v) is 5.73. The first kappa shape index (κ1) is 18.3. The summed E-state index contributed by atoms with van der Waals surface area (Å²) in [7, 11) is 0. The van der Waals surface area contributed by atoms with E-state index < -0.39 is 0 Å². The van der Waals surface area contributed by atoms with Gasteiger partial charge in [0, 0.05) is 0 Å². The molecular weight excluding hydrogens is 336 g/mol. The van der Waals surface area contributed by atoms with Crippen molar-refractivity contribution in [1.29, 1.82) is 0 Å². The van der Waals surface area contributed by atoms with Crippen molar-refractivity contribution in [2.24, 2.45) is 0 Å². The van der Waals surface area contributed by atoms with Gasteiger partial charge in [0.1, 0.15) is 0 Å². The van der Waals surface area contributed by atoms with Crippen molar-refractivity contribution in [2.45, 2.75) is 26.2 Å². The summed E-state index contributed by atoms with van der Waals surface area (Å²) < 4.78 is 0. The quantitative estimate of drug-likeness (QED) is 0.424. The van der Waals surface area contributed by atoms with Crippen LogP contribution in [0.4, 0.5) is 0 Å². The molecule has 0 bridgehead atoms. The molecule has 0 aromatic heterocycles. The molecule has 0 aliphatic heterocycles. The Morgan fingerprint density at radius 2 is 1.50 bits per heavy atom. The van der Waals surface area contributed by atoms with E-state index in [1.165, 1.54) is 39.0 Å². The van der Waals surface area contributed by atoms with E-state index in [2.05, 4.69) is 111 Å². The molecule has 3 aromatic carbocycles. The Balaban J connectivity index is 2.09. The van der Waals surface area contributed by atoms with Crippen LogP contribution in [0, 0.1) is 6.92 Å². The maximum absolute atomic E-state index is 3.99. The third kappa shape index (κ3) is 2.77. The van der Waals surface area contributed by atoms with Crippen molar-refractivity contribution < 1.29 is 0 Å². The van der Waals surface area contributed by atoms with E-state index in [1.54, 1.807) is 0 Å². The molecule has 0 radical (unpaired) electrons. The van der Waals surface area contributed by atoms with Crippen LogP contribution in [0.15, 0.2) is 109 Å². The molecule has 0 heteroatoms. The predicted octanol–water partition coefficient (Wildman–Crippen LogP) is 7.39. The zero-order valence-corrected chi connectivity index (χ0v) is 16.9. The normalized spacial score (nSPS) is 18.2. The summed E-state index contributed by atoms with van der Waals surface area (Å²) in [6.07, 6.45) is 6.43. The number of aryl methyl sites for hydroxylation is 1. The van der Waals surface area contributed by atoms with Gasteiger partial charge in [-0.25, -0.2) is 0 Å². The van der Waals surface area contributed by atoms with Crippen molar-refractivity contribution in [2.75, 3.05) is 0 Å². The van der Waals surface area contributed by atoms with Gasteiger partial charge >= 0.3 is 0 Å². The molecule has 1 aliphatic carbocycles. The van der Waals surface area contributed by atoms with Gasteiger partial charge in [-0.2, -0.15) is 0 Å². The SMILES string of the molecule is C=C(C)C=CC=C(C)C1(c2ccccc2)c2ccccc2-c2cc(C)ccc21. The summed E-state index contributed by atoms with van der Waals surface area (Å²) in [5.41, 5.74) is 10.1. The van der Waals surface area contributed by atoms with Crippen molar-refractivity contribution in [3.8, 4) is 11.1 Å². The summed E-state index contributed by atoms with van der Waals surface area (Å²) >= 11 is 0. The highest BCUT2D eigenvalue weighted by Gasteiger charge is 2.45. The first-order chi connectivity index (χ1) is 13.5. The average Bonchev–Trinajstić information content (AvgIpc) is 2.99. The van der Waals surface area contributed by atoms with E-state index in [-0.39, 0.29) is 5.41 Å². The Bertz CT molecular complexity index is 1100. The second kappa shape index (κ2) is 7.13. The molecule has 1 atom stereocenters. The van der Waals surface area contributed by atoms with E-state index in [1.807, 2.05) is 6.92 Å². The van der Waals surface area contributed by atoms with Crippen molar-refractivity contribution in [3.63, 3.8) is 0 Å². The highest BCUT2D eigenvalue weighted by Crippen LogP contribution is 2.56. The summed E-state index contributed by atoms with van der Waals surface area (Å²) in [5.74, 6) is 0. The minimum absolute atomic E-state index is 0.277. The Kier molecular flexibility index (Phi) is 4.65.